The van der Waals surface area contributed by atoms with Crippen LogP contribution in [0.1, 0.15) is 11.0 Å². The maximum absolute atomic E-state index is 9.35. The van der Waals surface area contributed by atoms with Crippen LogP contribution in [0.5, 0.6) is 0 Å². The van der Waals surface area contributed by atoms with E-state index in [1.54, 1.807) is 30.3 Å². The molecule has 0 atom stereocenters. The Labute approximate surface area is 308 Å². The molecule has 5 heteroatoms. The van der Waals surface area contributed by atoms with E-state index in [1.165, 1.54) is 0 Å². The van der Waals surface area contributed by atoms with E-state index in [4.69, 9.17) is 32.0 Å². The molecule has 0 fully saturated rings. The summed E-state index contributed by atoms with van der Waals surface area (Å²) in [7, 11) is 0. The van der Waals surface area contributed by atoms with E-state index >= 15 is 0 Å². The van der Waals surface area contributed by atoms with Gasteiger partial charge >= 0.3 is 0 Å². The molecule has 0 aliphatic heterocycles. The summed E-state index contributed by atoms with van der Waals surface area (Å²) in [6.45, 7) is 0. The van der Waals surface area contributed by atoms with Gasteiger partial charge in [-0.05, 0) is 75.1 Å². The highest BCUT2D eigenvalue weighted by Crippen LogP contribution is 2.40. The number of hydrogen-bond donors (Lipinski definition) is 0. The Morgan fingerprint density at radius 1 is 0.404 bits per heavy atom. The quantitative estimate of drug-likeness (QED) is 0.174. The van der Waals surface area contributed by atoms with Crippen molar-refractivity contribution in [2.45, 2.75) is 0 Å². The summed E-state index contributed by atoms with van der Waals surface area (Å²) in [5.41, 5.74) is 2.96. The van der Waals surface area contributed by atoms with Crippen LogP contribution in [0.3, 0.4) is 0 Å². The number of hydrogen-bond acceptors (Lipinski definition) is 5. The first kappa shape index (κ1) is 21.9. The minimum absolute atomic E-state index is 0.0207. The SMILES string of the molecule is [2H]c1ccc2oc3ccc(-c4c([2H])c([2H])c5oc6c([2H])c([2H])c([2H])c([2H])c6c5c4[2H])cc3c2c1-c1nc(-c2ccccc2)nc(-c2ccc3c(ccc4ccccc43)c2)n1. The first-order chi connectivity index (χ1) is 29.1. The van der Waals surface area contributed by atoms with Gasteiger partial charge in [0.25, 0.3) is 0 Å². The molecule has 5 nitrogen and oxygen atoms in total. The molecule has 3 aromatic heterocycles. The summed E-state index contributed by atoms with van der Waals surface area (Å²) in [6, 6.07) is 34.0. The van der Waals surface area contributed by atoms with Gasteiger partial charge in [-0.3, -0.25) is 0 Å². The van der Waals surface area contributed by atoms with E-state index in [0.29, 0.717) is 44.7 Å². The smallest absolute Gasteiger partial charge is 0.164 e. The van der Waals surface area contributed by atoms with Crippen molar-refractivity contribution < 1.29 is 19.8 Å². The third-order valence-electron chi connectivity index (χ3n) is 9.50. The van der Waals surface area contributed by atoms with Crippen molar-refractivity contribution in [1.29, 1.82) is 0 Å². The van der Waals surface area contributed by atoms with E-state index in [1.807, 2.05) is 48.5 Å². The first-order valence-corrected chi connectivity index (χ1v) is 16.7. The molecule has 0 spiro atoms. The van der Waals surface area contributed by atoms with Gasteiger partial charge in [-0.25, -0.2) is 15.0 Å². The van der Waals surface area contributed by atoms with E-state index in [9.17, 15) is 2.74 Å². The molecule has 0 bridgehead atoms. The number of furan rings is 2. The Morgan fingerprint density at radius 2 is 1.15 bits per heavy atom. The van der Waals surface area contributed by atoms with Gasteiger partial charge in [-0.2, -0.15) is 0 Å². The van der Waals surface area contributed by atoms with Crippen LogP contribution in [0.4, 0.5) is 0 Å². The van der Waals surface area contributed by atoms with Crippen LogP contribution >= 0.6 is 0 Å². The van der Waals surface area contributed by atoms with Gasteiger partial charge in [0.05, 0.1) is 11.0 Å². The van der Waals surface area contributed by atoms with Gasteiger partial charge in [-0.1, -0.05) is 121 Å². The van der Waals surface area contributed by atoms with Crippen molar-refractivity contribution in [1.82, 2.24) is 15.0 Å². The third kappa shape index (κ3) is 4.53. The number of nitrogens with zero attached hydrogens (tertiary/aromatic N) is 3. The zero-order chi connectivity index (χ0) is 41.1. The van der Waals surface area contributed by atoms with Crippen molar-refractivity contribution in [3.8, 4) is 45.3 Å². The maximum atomic E-state index is 9.35. The normalized spacial score (nSPS) is 14.0. The van der Waals surface area contributed by atoms with Crippen LogP contribution < -0.4 is 0 Å². The van der Waals surface area contributed by atoms with Crippen LogP contribution in [0.25, 0.3) is 111 Å². The molecule has 0 unspecified atom stereocenters. The fourth-order valence-electron chi connectivity index (χ4n) is 7.03. The van der Waals surface area contributed by atoms with Gasteiger partial charge in [0.15, 0.2) is 17.5 Å². The molecule has 0 saturated heterocycles. The van der Waals surface area contributed by atoms with Crippen LogP contribution in [-0.4, -0.2) is 15.0 Å². The monoisotopic (exact) mass is 673 g/mol. The lowest BCUT2D eigenvalue weighted by Crippen LogP contribution is -2.00. The van der Waals surface area contributed by atoms with Crippen molar-refractivity contribution in [3.05, 3.63) is 164 Å². The van der Waals surface area contributed by atoms with Crippen molar-refractivity contribution in [2.24, 2.45) is 0 Å². The fraction of sp³-hybridized carbons (Fsp3) is 0. The molecule has 0 N–H and O–H groups in total. The number of aromatic nitrogens is 3. The lowest BCUT2D eigenvalue weighted by Gasteiger charge is -2.10. The van der Waals surface area contributed by atoms with Crippen LogP contribution in [0, 0.1) is 0 Å². The van der Waals surface area contributed by atoms with E-state index in [2.05, 4.69) is 36.4 Å². The first-order valence-electron chi connectivity index (χ1n) is 20.7. The van der Waals surface area contributed by atoms with Gasteiger partial charge < -0.3 is 8.83 Å². The topological polar surface area (TPSA) is 65.0 Å². The average molecular weight is 674 g/mol. The highest BCUT2D eigenvalue weighted by Gasteiger charge is 2.19. The Morgan fingerprint density at radius 3 is 2.10 bits per heavy atom. The molecule has 8 aromatic carbocycles. The predicted octanol–water partition coefficient (Wildman–Crippen LogP) is 12.6. The minimum Gasteiger partial charge on any atom is -0.456 e. The van der Waals surface area contributed by atoms with Crippen LogP contribution in [0.2, 0.25) is 0 Å². The highest BCUT2D eigenvalue weighted by atomic mass is 16.3. The molecule has 0 amide bonds. The highest BCUT2D eigenvalue weighted by molar-refractivity contribution is 6.13. The minimum atomic E-state index is -0.495. The number of benzene rings is 8. The van der Waals surface area contributed by atoms with Crippen molar-refractivity contribution in [2.75, 3.05) is 0 Å². The number of para-hydroxylation sites is 1. The van der Waals surface area contributed by atoms with E-state index < -0.39 is 24.2 Å². The standard InChI is InChI=1S/C47H27N3O2/c1-2-10-29(11-3-1)45-48-46(33-19-22-35-32(25-33)18-17-28-9-4-5-12-34(28)35)50-47(49-45)37-14-8-16-43-44(37)39-27-31(21-24-42(39)52-43)30-20-23-41-38(26-30)36-13-6-7-15-40(36)51-41/h1-27H/i6D,7D,13D,14D,15D,20D,23D,26D. The molecule has 11 aromatic rings. The van der Waals surface area contributed by atoms with Crippen LogP contribution in [-0.2, 0) is 0 Å². The van der Waals surface area contributed by atoms with E-state index in [-0.39, 0.29) is 57.5 Å². The maximum Gasteiger partial charge on any atom is 0.164 e. The zero-order valence-electron chi connectivity index (χ0n) is 35.1. The summed E-state index contributed by atoms with van der Waals surface area (Å²) < 4.78 is 82.2. The lowest BCUT2D eigenvalue weighted by molar-refractivity contribution is 0.668. The Bertz CT molecular complexity index is 3660. The fourth-order valence-corrected chi connectivity index (χ4v) is 7.03. The average Bonchev–Trinajstić information content (AvgIpc) is 3.87. The molecular formula is C47H27N3O2. The molecule has 11 rings (SSSR count). The summed E-state index contributed by atoms with van der Waals surface area (Å²) in [4.78, 5) is 14.9. The van der Waals surface area contributed by atoms with Crippen molar-refractivity contribution in [3.63, 3.8) is 0 Å². The lowest BCUT2D eigenvalue weighted by atomic mass is 9.99. The van der Waals surface area contributed by atoms with E-state index in [0.717, 1.165) is 32.7 Å². The Balaban J connectivity index is 1.15. The van der Waals surface area contributed by atoms with Gasteiger partial charge in [0.2, 0.25) is 0 Å². The molecule has 0 saturated carbocycles. The predicted molar refractivity (Wildman–Crippen MR) is 211 cm³/mol. The molecular weight excluding hydrogens is 639 g/mol. The summed E-state index contributed by atoms with van der Waals surface area (Å²) in [5.74, 6) is 1.08. The van der Waals surface area contributed by atoms with Gasteiger partial charge in [0.1, 0.15) is 22.3 Å². The second-order valence-electron chi connectivity index (χ2n) is 12.6. The molecule has 0 radical (unpaired) electrons. The van der Waals surface area contributed by atoms with Gasteiger partial charge in [0, 0.05) is 38.2 Å². The number of fused-ring (bicyclic) bond motifs is 9. The summed E-state index contributed by atoms with van der Waals surface area (Å²) >= 11 is 0. The second-order valence-corrected chi connectivity index (χ2v) is 12.6. The van der Waals surface area contributed by atoms with Gasteiger partial charge in [-0.15, -0.1) is 0 Å². The molecule has 242 valence electrons. The Kier molecular flexibility index (Phi) is 4.71. The van der Waals surface area contributed by atoms with Crippen LogP contribution in [0.15, 0.2) is 172 Å². The number of rotatable bonds is 4. The third-order valence-corrected chi connectivity index (χ3v) is 9.50. The molecule has 52 heavy (non-hydrogen) atoms. The molecule has 3 heterocycles. The molecule has 0 aliphatic carbocycles. The summed E-state index contributed by atoms with van der Waals surface area (Å²) in [5, 5.41) is 5.49. The zero-order valence-corrected chi connectivity index (χ0v) is 27.1. The van der Waals surface area contributed by atoms with Crippen molar-refractivity contribution >= 4 is 65.4 Å². The molecule has 0 aliphatic rings. The Hall–Kier alpha value is -7.11. The second kappa shape index (κ2) is 11.2. The largest absolute Gasteiger partial charge is 0.456 e. The summed E-state index contributed by atoms with van der Waals surface area (Å²) in [6.07, 6.45) is 0.